The first-order chi connectivity index (χ1) is 10.7. The van der Waals surface area contributed by atoms with Crippen LogP contribution < -0.4 is 5.32 Å². The Kier molecular flexibility index (Phi) is 5.01. The third-order valence-corrected chi connectivity index (χ3v) is 5.24. The van der Waals surface area contributed by atoms with E-state index in [1.165, 1.54) is 38.8 Å². The number of nitrogens with one attached hydrogen (secondary N) is 1. The number of rotatable bonds is 6. The Morgan fingerprint density at radius 3 is 2.73 bits per heavy atom. The summed E-state index contributed by atoms with van der Waals surface area (Å²) in [5.41, 5.74) is 1.13. The minimum absolute atomic E-state index is 0.0415. The zero-order valence-corrected chi connectivity index (χ0v) is 13.6. The van der Waals surface area contributed by atoms with Crippen molar-refractivity contribution in [1.29, 1.82) is 0 Å². The second-order valence-corrected chi connectivity index (χ2v) is 6.69. The molecule has 5 heteroatoms. The van der Waals surface area contributed by atoms with Gasteiger partial charge in [0, 0.05) is 17.1 Å². The molecule has 4 nitrogen and oxygen atoms in total. The molecule has 0 saturated carbocycles. The van der Waals surface area contributed by atoms with Gasteiger partial charge in [-0.05, 0) is 50.4 Å². The number of halogens is 1. The van der Waals surface area contributed by atoms with Crippen molar-refractivity contribution < 1.29 is 9.53 Å². The summed E-state index contributed by atoms with van der Waals surface area (Å²) in [4.78, 5) is 14.5. The van der Waals surface area contributed by atoms with E-state index in [9.17, 15) is 4.79 Å². The van der Waals surface area contributed by atoms with E-state index in [2.05, 4.69) is 10.2 Å². The van der Waals surface area contributed by atoms with Gasteiger partial charge in [0.1, 0.15) is 6.61 Å². The number of hydrogen-bond donors (Lipinski definition) is 1. The second kappa shape index (κ2) is 6.99. The standard InChI is InChI=1S/C17H23ClN2O2/c18-15-6-2-1-5-14(15)11-22-12-16(21)19-13-17-7-3-9-20(17)10-4-8-17/h1-2,5-6H,3-4,7-13H2,(H,19,21). The molecular weight excluding hydrogens is 300 g/mol. The van der Waals surface area contributed by atoms with Crippen molar-refractivity contribution in [2.75, 3.05) is 26.2 Å². The summed E-state index contributed by atoms with van der Waals surface area (Å²) in [5, 5.41) is 3.72. The zero-order chi connectivity index (χ0) is 15.4. The molecule has 0 atom stereocenters. The second-order valence-electron chi connectivity index (χ2n) is 6.28. The van der Waals surface area contributed by atoms with E-state index in [0.717, 1.165) is 12.1 Å². The summed E-state index contributed by atoms with van der Waals surface area (Å²) in [6.45, 7) is 3.56. The molecule has 2 heterocycles. The van der Waals surface area contributed by atoms with Crippen LogP contribution in [0.15, 0.2) is 24.3 Å². The number of ether oxygens (including phenoxy) is 1. The van der Waals surface area contributed by atoms with E-state index in [1.807, 2.05) is 24.3 Å². The van der Waals surface area contributed by atoms with Crippen LogP contribution in [0.3, 0.4) is 0 Å². The molecule has 120 valence electrons. The monoisotopic (exact) mass is 322 g/mol. The van der Waals surface area contributed by atoms with Gasteiger partial charge in [-0.25, -0.2) is 0 Å². The van der Waals surface area contributed by atoms with Gasteiger partial charge in [-0.2, -0.15) is 0 Å². The summed E-state index contributed by atoms with van der Waals surface area (Å²) >= 11 is 6.06. The lowest BCUT2D eigenvalue weighted by Gasteiger charge is -2.32. The van der Waals surface area contributed by atoms with Gasteiger partial charge in [-0.1, -0.05) is 29.8 Å². The number of amides is 1. The molecule has 22 heavy (non-hydrogen) atoms. The summed E-state index contributed by atoms with van der Waals surface area (Å²) in [6, 6.07) is 7.54. The predicted octanol–water partition coefficient (Wildman–Crippen LogP) is 2.60. The van der Waals surface area contributed by atoms with Gasteiger partial charge in [0.25, 0.3) is 0 Å². The summed E-state index contributed by atoms with van der Waals surface area (Å²) < 4.78 is 5.48. The topological polar surface area (TPSA) is 41.6 Å². The number of fused-ring (bicyclic) bond motifs is 1. The molecule has 2 saturated heterocycles. The molecule has 1 amide bonds. The van der Waals surface area contributed by atoms with Crippen molar-refractivity contribution in [3.63, 3.8) is 0 Å². The number of carbonyl (C=O) groups excluding carboxylic acids is 1. The first-order valence-electron chi connectivity index (χ1n) is 8.03. The Labute approximate surface area is 136 Å². The van der Waals surface area contributed by atoms with Crippen molar-refractivity contribution in [3.8, 4) is 0 Å². The third-order valence-electron chi connectivity index (χ3n) is 4.87. The predicted molar refractivity (Wildman–Crippen MR) is 86.9 cm³/mol. The van der Waals surface area contributed by atoms with Crippen molar-refractivity contribution in [3.05, 3.63) is 34.9 Å². The molecule has 0 radical (unpaired) electrons. The van der Waals surface area contributed by atoms with Crippen LogP contribution in [0, 0.1) is 0 Å². The van der Waals surface area contributed by atoms with Crippen LogP contribution in [-0.4, -0.2) is 42.6 Å². The maximum Gasteiger partial charge on any atom is 0.246 e. The summed E-state index contributed by atoms with van der Waals surface area (Å²) in [7, 11) is 0. The van der Waals surface area contributed by atoms with E-state index in [-0.39, 0.29) is 18.1 Å². The average molecular weight is 323 g/mol. The van der Waals surface area contributed by atoms with Gasteiger partial charge < -0.3 is 10.1 Å². The highest BCUT2D eigenvalue weighted by atomic mass is 35.5. The van der Waals surface area contributed by atoms with Crippen molar-refractivity contribution in [1.82, 2.24) is 10.2 Å². The minimum Gasteiger partial charge on any atom is -0.367 e. The van der Waals surface area contributed by atoms with E-state index in [4.69, 9.17) is 16.3 Å². The number of hydrogen-bond acceptors (Lipinski definition) is 3. The van der Waals surface area contributed by atoms with Gasteiger partial charge in [0.15, 0.2) is 0 Å². The Bertz CT molecular complexity index is 525. The molecule has 1 N–H and O–H groups in total. The highest BCUT2D eigenvalue weighted by molar-refractivity contribution is 6.31. The molecule has 0 unspecified atom stereocenters. The highest BCUT2D eigenvalue weighted by Crippen LogP contribution is 2.38. The zero-order valence-electron chi connectivity index (χ0n) is 12.8. The van der Waals surface area contributed by atoms with Crippen LogP contribution in [0.25, 0.3) is 0 Å². The van der Waals surface area contributed by atoms with Crippen LogP contribution in [0.4, 0.5) is 0 Å². The molecule has 2 fully saturated rings. The fourth-order valence-corrected chi connectivity index (χ4v) is 3.89. The molecular formula is C17H23ClN2O2. The fraction of sp³-hybridized carbons (Fsp3) is 0.588. The Hall–Kier alpha value is -1.10. The van der Waals surface area contributed by atoms with Gasteiger partial charge in [0.05, 0.1) is 6.61 Å². The van der Waals surface area contributed by atoms with Crippen LogP contribution >= 0.6 is 11.6 Å². The van der Waals surface area contributed by atoms with Gasteiger partial charge in [-0.15, -0.1) is 0 Å². The van der Waals surface area contributed by atoms with E-state index in [1.54, 1.807) is 0 Å². The van der Waals surface area contributed by atoms with Crippen LogP contribution in [0.5, 0.6) is 0 Å². The van der Waals surface area contributed by atoms with Gasteiger partial charge in [-0.3, -0.25) is 9.69 Å². The number of benzene rings is 1. The molecule has 0 aliphatic carbocycles. The lowest BCUT2D eigenvalue weighted by Crippen LogP contribution is -2.48. The van der Waals surface area contributed by atoms with Gasteiger partial charge in [0.2, 0.25) is 5.91 Å². The fourth-order valence-electron chi connectivity index (χ4n) is 3.70. The maximum absolute atomic E-state index is 12.0. The summed E-state index contributed by atoms with van der Waals surface area (Å²) in [5.74, 6) is -0.0415. The molecule has 2 aliphatic heterocycles. The molecule has 0 aromatic heterocycles. The Morgan fingerprint density at radius 1 is 1.27 bits per heavy atom. The molecule has 2 aliphatic rings. The Balaban J connectivity index is 1.41. The lowest BCUT2D eigenvalue weighted by atomic mass is 9.94. The maximum atomic E-state index is 12.0. The molecule has 0 spiro atoms. The quantitative estimate of drug-likeness (QED) is 0.875. The van der Waals surface area contributed by atoms with Crippen LogP contribution in [-0.2, 0) is 16.1 Å². The molecule has 3 rings (SSSR count). The molecule has 1 aromatic rings. The number of carbonyl (C=O) groups is 1. The van der Waals surface area contributed by atoms with E-state index < -0.39 is 0 Å². The third kappa shape index (κ3) is 3.45. The minimum atomic E-state index is -0.0415. The molecule has 0 bridgehead atoms. The summed E-state index contributed by atoms with van der Waals surface area (Å²) in [6.07, 6.45) is 4.90. The lowest BCUT2D eigenvalue weighted by molar-refractivity contribution is -0.126. The SMILES string of the molecule is O=C(COCc1ccccc1Cl)NCC12CCCN1CCC2. The largest absolute Gasteiger partial charge is 0.367 e. The normalized spacial score (nSPS) is 20.0. The molecule has 1 aromatic carbocycles. The smallest absolute Gasteiger partial charge is 0.246 e. The first-order valence-corrected chi connectivity index (χ1v) is 8.40. The van der Waals surface area contributed by atoms with E-state index >= 15 is 0 Å². The van der Waals surface area contributed by atoms with Crippen LogP contribution in [0.1, 0.15) is 31.2 Å². The van der Waals surface area contributed by atoms with Crippen molar-refractivity contribution in [2.45, 2.75) is 37.8 Å². The average Bonchev–Trinajstić information content (AvgIpc) is 3.07. The first kappa shape index (κ1) is 15.8. The number of nitrogens with zero attached hydrogens (tertiary/aromatic N) is 1. The Morgan fingerprint density at radius 2 is 2.00 bits per heavy atom. The van der Waals surface area contributed by atoms with Crippen LogP contribution in [0.2, 0.25) is 5.02 Å². The van der Waals surface area contributed by atoms with Crippen molar-refractivity contribution >= 4 is 17.5 Å². The van der Waals surface area contributed by atoms with Crippen molar-refractivity contribution in [2.24, 2.45) is 0 Å². The van der Waals surface area contributed by atoms with E-state index in [0.29, 0.717) is 11.6 Å². The van der Waals surface area contributed by atoms with Gasteiger partial charge >= 0.3 is 0 Å². The highest BCUT2D eigenvalue weighted by Gasteiger charge is 2.43.